The first-order valence-electron chi connectivity index (χ1n) is 7.20. The number of carbonyl (C=O) groups excluding carboxylic acids is 2. The molecule has 9 heteroatoms. The molecule has 0 spiro atoms. The molecule has 1 aliphatic rings. The summed E-state index contributed by atoms with van der Waals surface area (Å²) < 4.78 is 51.0. The van der Waals surface area contributed by atoms with Gasteiger partial charge in [0.1, 0.15) is 5.75 Å². The number of rotatable bonds is 4. The molecule has 0 saturated carbocycles. The molecule has 1 aromatic carbocycles. The van der Waals surface area contributed by atoms with Crippen molar-refractivity contribution in [2.24, 2.45) is 0 Å². The molecule has 0 radical (unpaired) electrons. The Kier molecular flexibility index (Phi) is 4.96. The smallest absolute Gasteiger partial charge is 0.422 e. The molecule has 0 bridgehead atoms. The van der Waals surface area contributed by atoms with Crippen LogP contribution in [0, 0.1) is 6.92 Å². The molecule has 0 aromatic heterocycles. The second-order valence-corrected chi connectivity index (χ2v) is 5.76. The summed E-state index contributed by atoms with van der Waals surface area (Å²) in [4.78, 5) is 23.6. The fourth-order valence-corrected chi connectivity index (χ4v) is 1.98. The molecule has 136 valence electrons. The molecule has 1 fully saturated rings. The number of alkyl halides is 3. The largest absolute Gasteiger partial charge is 0.484 e. The van der Waals surface area contributed by atoms with Crippen LogP contribution in [0.4, 0.5) is 18.9 Å². The van der Waals surface area contributed by atoms with Gasteiger partial charge in [-0.1, -0.05) is 0 Å². The van der Waals surface area contributed by atoms with Crippen LogP contribution in [-0.2, 0) is 19.1 Å². The Hall–Kier alpha value is -2.71. The highest BCUT2D eigenvalue weighted by molar-refractivity contribution is 6.15. The molecule has 0 amide bonds. The average Bonchev–Trinajstić information content (AvgIpc) is 2.44. The van der Waals surface area contributed by atoms with E-state index in [-0.39, 0.29) is 11.3 Å². The molecule has 1 aliphatic heterocycles. The van der Waals surface area contributed by atoms with E-state index in [9.17, 15) is 22.8 Å². The molecule has 6 nitrogen and oxygen atoms in total. The van der Waals surface area contributed by atoms with Crippen LogP contribution in [0.5, 0.6) is 5.75 Å². The van der Waals surface area contributed by atoms with Crippen LogP contribution in [0.3, 0.4) is 0 Å². The maximum Gasteiger partial charge on any atom is 0.422 e. The predicted octanol–water partition coefficient (Wildman–Crippen LogP) is 3.07. The highest BCUT2D eigenvalue weighted by Crippen LogP contribution is 2.25. The summed E-state index contributed by atoms with van der Waals surface area (Å²) >= 11 is 0. The number of cyclic esters (lactones) is 2. The number of benzene rings is 1. The van der Waals surface area contributed by atoms with Crippen LogP contribution >= 0.6 is 0 Å². The minimum absolute atomic E-state index is 0.0475. The van der Waals surface area contributed by atoms with E-state index >= 15 is 0 Å². The van der Waals surface area contributed by atoms with E-state index < -0.39 is 30.5 Å². The van der Waals surface area contributed by atoms with Gasteiger partial charge in [0.25, 0.3) is 5.79 Å². The van der Waals surface area contributed by atoms with Crippen molar-refractivity contribution in [1.82, 2.24) is 0 Å². The van der Waals surface area contributed by atoms with Crippen LogP contribution in [0.15, 0.2) is 30.0 Å². The lowest BCUT2D eigenvalue weighted by Gasteiger charge is -2.29. The zero-order valence-corrected chi connectivity index (χ0v) is 13.7. The van der Waals surface area contributed by atoms with Crippen LogP contribution in [0.25, 0.3) is 0 Å². The van der Waals surface area contributed by atoms with Gasteiger partial charge in [0.2, 0.25) is 0 Å². The first-order chi connectivity index (χ1) is 11.5. The van der Waals surface area contributed by atoms with Gasteiger partial charge < -0.3 is 19.5 Å². The van der Waals surface area contributed by atoms with Gasteiger partial charge in [0.05, 0.1) is 0 Å². The lowest BCUT2D eigenvalue weighted by molar-refractivity contribution is -0.222. The number of nitrogens with one attached hydrogen (secondary N) is 1. The fourth-order valence-electron chi connectivity index (χ4n) is 1.98. The third-order valence-corrected chi connectivity index (χ3v) is 3.09. The Morgan fingerprint density at radius 2 is 1.80 bits per heavy atom. The van der Waals surface area contributed by atoms with Crippen molar-refractivity contribution in [3.63, 3.8) is 0 Å². The van der Waals surface area contributed by atoms with Gasteiger partial charge in [-0.3, -0.25) is 0 Å². The summed E-state index contributed by atoms with van der Waals surface area (Å²) in [6, 6.07) is 4.19. The topological polar surface area (TPSA) is 73.9 Å². The summed E-state index contributed by atoms with van der Waals surface area (Å²) in [5.41, 5.74) is 0.697. The number of hydrogen-bond donors (Lipinski definition) is 1. The van der Waals surface area contributed by atoms with Crippen molar-refractivity contribution in [1.29, 1.82) is 0 Å². The van der Waals surface area contributed by atoms with Crippen LogP contribution in [0.2, 0.25) is 0 Å². The number of anilines is 1. The Bertz CT molecular complexity index is 703. The second-order valence-electron chi connectivity index (χ2n) is 5.76. The zero-order valence-electron chi connectivity index (χ0n) is 13.7. The lowest BCUT2D eigenvalue weighted by Crippen LogP contribution is -2.42. The minimum Gasteiger partial charge on any atom is -0.484 e. The van der Waals surface area contributed by atoms with Crippen molar-refractivity contribution in [3.8, 4) is 5.75 Å². The third-order valence-electron chi connectivity index (χ3n) is 3.09. The van der Waals surface area contributed by atoms with Gasteiger partial charge in [0.15, 0.2) is 12.2 Å². The number of carbonyl (C=O) groups is 2. The fraction of sp³-hybridized carbons (Fsp3) is 0.375. The normalized spacial score (nSPS) is 16.8. The molecule has 1 N–H and O–H groups in total. The number of ether oxygens (including phenoxy) is 3. The molecule has 0 unspecified atom stereocenters. The Morgan fingerprint density at radius 3 is 2.32 bits per heavy atom. The van der Waals surface area contributed by atoms with Crippen molar-refractivity contribution in [3.05, 3.63) is 35.5 Å². The van der Waals surface area contributed by atoms with E-state index in [4.69, 9.17) is 9.47 Å². The van der Waals surface area contributed by atoms with E-state index in [1.54, 1.807) is 6.92 Å². The number of halogens is 3. The van der Waals surface area contributed by atoms with Crippen molar-refractivity contribution in [2.45, 2.75) is 32.7 Å². The quantitative estimate of drug-likeness (QED) is 0.506. The Morgan fingerprint density at radius 1 is 1.20 bits per heavy atom. The van der Waals surface area contributed by atoms with E-state index in [2.05, 4.69) is 10.1 Å². The summed E-state index contributed by atoms with van der Waals surface area (Å²) in [5, 5.41) is 2.73. The number of hydrogen-bond acceptors (Lipinski definition) is 6. The summed E-state index contributed by atoms with van der Waals surface area (Å²) in [5.74, 6) is -2.96. The molecule has 0 aliphatic carbocycles. The lowest BCUT2D eigenvalue weighted by atomic mass is 10.2. The Labute approximate surface area is 141 Å². The van der Waals surface area contributed by atoms with Gasteiger partial charge in [-0.2, -0.15) is 13.2 Å². The molecule has 25 heavy (non-hydrogen) atoms. The number of esters is 2. The standard InChI is InChI=1S/C16H16F3NO5/c1-9-6-10(23-8-16(17,18)19)4-5-12(9)20-7-11-13(21)24-15(2,3)25-14(11)22/h4-7,20H,8H2,1-3H3. The third kappa shape index (κ3) is 5.13. The predicted molar refractivity (Wildman–Crippen MR) is 80.7 cm³/mol. The first-order valence-corrected chi connectivity index (χ1v) is 7.20. The molecular formula is C16H16F3NO5. The summed E-state index contributed by atoms with van der Waals surface area (Å²) in [6.45, 7) is 3.09. The van der Waals surface area contributed by atoms with Gasteiger partial charge in [-0.25, -0.2) is 9.59 Å². The molecule has 2 rings (SSSR count). The van der Waals surface area contributed by atoms with E-state index in [0.29, 0.717) is 11.3 Å². The molecule has 0 atom stereocenters. The van der Waals surface area contributed by atoms with E-state index in [1.165, 1.54) is 32.0 Å². The summed E-state index contributed by atoms with van der Waals surface area (Å²) in [6.07, 6.45) is -3.30. The van der Waals surface area contributed by atoms with Crippen molar-refractivity contribution in [2.75, 3.05) is 11.9 Å². The SMILES string of the molecule is Cc1cc(OCC(F)(F)F)ccc1NC=C1C(=O)OC(C)(C)OC1=O. The maximum absolute atomic E-state index is 12.1. The zero-order chi connectivity index (χ0) is 18.8. The first kappa shape index (κ1) is 18.6. The minimum atomic E-state index is -4.43. The van der Waals surface area contributed by atoms with E-state index in [0.717, 1.165) is 6.20 Å². The van der Waals surface area contributed by atoms with Gasteiger partial charge in [-0.05, 0) is 30.7 Å². The van der Waals surface area contributed by atoms with Gasteiger partial charge in [0, 0.05) is 25.7 Å². The van der Waals surface area contributed by atoms with Crippen molar-refractivity contribution < 1.29 is 37.0 Å². The molecular weight excluding hydrogens is 343 g/mol. The maximum atomic E-state index is 12.1. The van der Waals surface area contributed by atoms with Gasteiger partial charge >= 0.3 is 18.1 Å². The molecule has 1 saturated heterocycles. The average molecular weight is 359 g/mol. The summed E-state index contributed by atoms with van der Waals surface area (Å²) in [7, 11) is 0. The van der Waals surface area contributed by atoms with Crippen LogP contribution in [0.1, 0.15) is 19.4 Å². The molecule has 1 heterocycles. The van der Waals surface area contributed by atoms with Crippen LogP contribution < -0.4 is 10.1 Å². The van der Waals surface area contributed by atoms with Crippen LogP contribution in [-0.4, -0.2) is 30.5 Å². The monoisotopic (exact) mass is 359 g/mol. The highest BCUT2D eigenvalue weighted by atomic mass is 19.4. The molecule has 1 aromatic rings. The number of aryl methyl sites for hydroxylation is 1. The van der Waals surface area contributed by atoms with Gasteiger partial charge in [-0.15, -0.1) is 0 Å². The van der Waals surface area contributed by atoms with Crippen molar-refractivity contribution >= 4 is 17.6 Å². The van der Waals surface area contributed by atoms with E-state index in [1.807, 2.05) is 0 Å². The highest BCUT2D eigenvalue weighted by Gasteiger charge is 2.39. The second kappa shape index (κ2) is 6.66. The Balaban J connectivity index is 2.08.